The summed E-state index contributed by atoms with van der Waals surface area (Å²) in [7, 11) is 0. The van der Waals surface area contributed by atoms with Gasteiger partial charge in [-0.25, -0.2) is 4.39 Å². The van der Waals surface area contributed by atoms with E-state index in [4.69, 9.17) is 12.2 Å². The van der Waals surface area contributed by atoms with Crippen LogP contribution in [0.1, 0.15) is 37.8 Å². The summed E-state index contributed by atoms with van der Waals surface area (Å²) in [6.07, 6.45) is 3.15. The number of thiocarbonyl (C=S) groups is 1. The van der Waals surface area contributed by atoms with Crippen LogP contribution in [-0.4, -0.2) is 39.7 Å². The molecule has 1 atom stereocenters. The van der Waals surface area contributed by atoms with Crippen LogP contribution in [0.2, 0.25) is 0 Å². The Kier molecular flexibility index (Phi) is 6.63. The maximum Gasteiger partial charge on any atom is 0.230 e. The van der Waals surface area contributed by atoms with Gasteiger partial charge in [-0.2, -0.15) is 0 Å². The summed E-state index contributed by atoms with van der Waals surface area (Å²) in [5.74, 6) is 1.66. The number of nitrogens with zero attached hydrogens (tertiary/aromatic N) is 1. The number of nitrogens with one attached hydrogen (secondary N) is 1. The zero-order valence-corrected chi connectivity index (χ0v) is 16.7. The number of benzene rings is 1. The summed E-state index contributed by atoms with van der Waals surface area (Å²) in [4.78, 5) is 15.2. The molecule has 2 aliphatic heterocycles. The molecule has 1 amide bonds. The van der Waals surface area contributed by atoms with E-state index in [1.54, 1.807) is 6.07 Å². The molecule has 0 aromatic heterocycles. The third kappa shape index (κ3) is 4.89. The average molecular weight is 399 g/mol. The van der Waals surface area contributed by atoms with E-state index in [2.05, 4.69) is 17.1 Å². The molecule has 25 heavy (non-hydrogen) atoms. The van der Waals surface area contributed by atoms with Gasteiger partial charge in [-0.15, -0.1) is 11.8 Å². The Bertz CT molecular complexity index is 647. The number of hydrogen-bond acceptors (Lipinski definition) is 4. The van der Waals surface area contributed by atoms with Gasteiger partial charge in [0, 0.05) is 23.7 Å². The topological polar surface area (TPSA) is 32.3 Å². The molecule has 2 aliphatic rings. The molecule has 7 heteroatoms. The van der Waals surface area contributed by atoms with Crippen LogP contribution in [-0.2, 0) is 4.79 Å². The number of carbonyl (C=O) groups is 1. The lowest BCUT2D eigenvalue weighted by atomic mass is 10.00. The first-order chi connectivity index (χ1) is 12.0. The smallest absolute Gasteiger partial charge is 0.230 e. The molecule has 3 nitrogen and oxygen atoms in total. The monoisotopic (exact) mass is 398 g/mol. The van der Waals surface area contributed by atoms with Gasteiger partial charge in [-0.05, 0) is 36.8 Å². The van der Waals surface area contributed by atoms with Gasteiger partial charge < -0.3 is 10.2 Å². The van der Waals surface area contributed by atoms with Gasteiger partial charge in [0.25, 0.3) is 0 Å². The Morgan fingerprint density at radius 1 is 1.40 bits per heavy atom. The fourth-order valence-corrected chi connectivity index (χ4v) is 5.39. The number of thioether (sulfide) groups is 2. The Morgan fingerprint density at radius 3 is 2.92 bits per heavy atom. The summed E-state index contributed by atoms with van der Waals surface area (Å²) in [5.41, 5.74) is 0.891. The molecular weight excluding hydrogens is 375 g/mol. The number of likely N-dealkylation sites (tertiary alicyclic amines) is 1. The second kappa shape index (κ2) is 8.73. The zero-order valence-electron chi connectivity index (χ0n) is 14.3. The largest absolute Gasteiger partial charge is 0.357 e. The van der Waals surface area contributed by atoms with E-state index in [1.807, 2.05) is 6.07 Å². The SMILES string of the molecule is CC1CCN(C(=S)SCC(=O)NC2CCSc3c(F)cccc32)CC1. The fourth-order valence-electron chi connectivity index (χ4n) is 3.18. The maximum atomic E-state index is 13.9. The van der Waals surface area contributed by atoms with Gasteiger partial charge in [0.1, 0.15) is 10.1 Å². The van der Waals surface area contributed by atoms with Crippen molar-refractivity contribution in [2.24, 2.45) is 5.92 Å². The van der Waals surface area contributed by atoms with Crippen molar-refractivity contribution < 1.29 is 9.18 Å². The third-order valence-corrected chi connectivity index (χ3v) is 7.41. The van der Waals surface area contributed by atoms with Crippen molar-refractivity contribution in [2.45, 2.75) is 37.1 Å². The molecule has 1 saturated heterocycles. The minimum absolute atomic E-state index is 0.0372. The Hall–Kier alpha value is -0.790. The van der Waals surface area contributed by atoms with Crippen LogP contribution in [0.15, 0.2) is 23.1 Å². The highest BCUT2D eigenvalue weighted by Crippen LogP contribution is 2.37. The third-order valence-electron chi connectivity index (χ3n) is 4.73. The summed E-state index contributed by atoms with van der Waals surface area (Å²) in [5, 5.41) is 3.05. The van der Waals surface area contributed by atoms with Crippen molar-refractivity contribution in [3.05, 3.63) is 29.6 Å². The molecule has 0 saturated carbocycles. The fraction of sp³-hybridized carbons (Fsp3) is 0.556. The first kappa shape index (κ1) is 19.0. The Morgan fingerprint density at radius 2 is 2.16 bits per heavy atom. The van der Waals surface area contributed by atoms with Crippen LogP contribution in [0.5, 0.6) is 0 Å². The normalized spacial score (nSPS) is 20.9. The van der Waals surface area contributed by atoms with E-state index < -0.39 is 0 Å². The molecule has 0 spiro atoms. The number of hydrogen-bond donors (Lipinski definition) is 1. The molecule has 2 heterocycles. The van der Waals surface area contributed by atoms with Gasteiger partial charge >= 0.3 is 0 Å². The second-order valence-electron chi connectivity index (χ2n) is 6.64. The van der Waals surface area contributed by atoms with Crippen LogP contribution in [0.3, 0.4) is 0 Å². The predicted molar refractivity (Wildman–Crippen MR) is 108 cm³/mol. The van der Waals surface area contributed by atoms with Gasteiger partial charge in [-0.3, -0.25) is 4.79 Å². The quantitative estimate of drug-likeness (QED) is 0.771. The van der Waals surface area contributed by atoms with Crippen LogP contribution < -0.4 is 5.32 Å². The molecule has 1 aromatic rings. The van der Waals surface area contributed by atoms with E-state index in [0.717, 1.165) is 53.9 Å². The van der Waals surface area contributed by atoms with Crippen molar-refractivity contribution in [3.8, 4) is 0 Å². The van der Waals surface area contributed by atoms with Gasteiger partial charge in [-0.1, -0.05) is 43.0 Å². The van der Waals surface area contributed by atoms with Crippen LogP contribution in [0.4, 0.5) is 4.39 Å². The van der Waals surface area contributed by atoms with Crippen LogP contribution >= 0.6 is 35.7 Å². The van der Waals surface area contributed by atoms with Crippen molar-refractivity contribution in [3.63, 3.8) is 0 Å². The minimum Gasteiger partial charge on any atom is -0.357 e. The lowest BCUT2D eigenvalue weighted by molar-refractivity contribution is -0.119. The molecule has 0 aliphatic carbocycles. The average Bonchev–Trinajstić information content (AvgIpc) is 2.61. The molecule has 1 fully saturated rings. The predicted octanol–water partition coefficient (Wildman–Crippen LogP) is 4.23. The van der Waals surface area contributed by atoms with Gasteiger partial charge in [0.15, 0.2) is 0 Å². The van der Waals surface area contributed by atoms with E-state index in [1.165, 1.54) is 29.6 Å². The minimum atomic E-state index is -0.198. The molecule has 0 bridgehead atoms. The first-order valence-electron chi connectivity index (χ1n) is 8.67. The second-order valence-corrected chi connectivity index (χ2v) is 9.35. The molecule has 1 aromatic carbocycles. The summed E-state index contributed by atoms with van der Waals surface area (Å²) < 4.78 is 14.7. The number of piperidine rings is 1. The van der Waals surface area contributed by atoms with Gasteiger partial charge in [0.2, 0.25) is 5.91 Å². The van der Waals surface area contributed by atoms with Crippen molar-refractivity contribution in [1.29, 1.82) is 0 Å². The highest BCUT2D eigenvalue weighted by molar-refractivity contribution is 8.23. The van der Waals surface area contributed by atoms with Crippen molar-refractivity contribution >= 4 is 46.0 Å². The van der Waals surface area contributed by atoms with Crippen molar-refractivity contribution in [2.75, 3.05) is 24.6 Å². The number of halogens is 1. The van der Waals surface area contributed by atoms with Gasteiger partial charge in [0.05, 0.1) is 11.8 Å². The van der Waals surface area contributed by atoms with Crippen molar-refractivity contribution in [1.82, 2.24) is 10.2 Å². The number of carbonyl (C=O) groups excluding carboxylic acids is 1. The molecular formula is C18H23FN2OS3. The number of fused-ring (bicyclic) bond motifs is 1. The molecule has 1 N–H and O–H groups in total. The van der Waals surface area contributed by atoms with Crippen LogP contribution in [0, 0.1) is 11.7 Å². The summed E-state index contributed by atoms with van der Waals surface area (Å²) >= 11 is 8.43. The summed E-state index contributed by atoms with van der Waals surface area (Å²) in [6, 6.07) is 4.98. The first-order valence-corrected chi connectivity index (χ1v) is 11.0. The lowest BCUT2D eigenvalue weighted by Gasteiger charge is -2.32. The Labute approximate surface area is 162 Å². The van der Waals surface area contributed by atoms with E-state index in [-0.39, 0.29) is 17.8 Å². The Balaban J connectivity index is 1.50. The molecule has 1 unspecified atom stereocenters. The number of amides is 1. The van der Waals surface area contributed by atoms with Crippen LogP contribution in [0.25, 0.3) is 0 Å². The summed E-state index contributed by atoms with van der Waals surface area (Å²) in [6.45, 7) is 4.24. The molecule has 136 valence electrons. The lowest BCUT2D eigenvalue weighted by Crippen LogP contribution is -2.37. The van der Waals surface area contributed by atoms with E-state index >= 15 is 0 Å². The highest BCUT2D eigenvalue weighted by atomic mass is 32.2. The molecule has 3 rings (SSSR count). The maximum absolute atomic E-state index is 13.9. The number of rotatable bonds is 3. The van der Waals surface area contributed by atoms with E-state index in [9.17, 15) is 9.18 Å². The molecule has 0 radical (unpaired) electrons. The van der Waals surface area contributed by atoms with E-state index in [0.29, 0.717) is 10.6 Å². The highest BCUT2D eigenvalue weighted by Gasteiger charge is 2.25. The zero-order chi connectivity index (χ0) is 17.8. The standard InChI is InChI=1S/C18H23FN2OS3/c1-12-5-8-21(9-6-12)18(23)25-11-16(22)20-15-7-10-24-17-13(15)3-2-4-14(17)19/h2-4,12,15H,5-11H2,1H3,(H,20,22).